The van der Waals surface area contributed by atoms with Gasteiger partial charge in [-0.2, -0.15) is 0 Å². The van der Waals surface area contributed by atoms with Crippen LogP contribution >= 0.6 is 0 Å². The second-order valence-electron chi connectivity index (χ2n) is 4.30. The van der Waals surface area contributed by atoms with Gasteiger partial charge in [0.25, 0.3) is 0 Å². The smallest absolute Gasteiger partial charge is 0.130 e. The van der Waals surface area contributed by atoms with Crippen molar-refractivity contribution in [2.75, 3.05) is 0 Å². The van der Waals surface area contributed by atoms with Crippen molar-refractivity contribution < 1.29 is 8.78 Å². The van der Waals surface area contributed by atoms with Crippen LogP contribution in [0.4, 0.5) is 8.78 Å². The Morgan fingerprint density at radius 1 is 1.11 bits per heavy atom. The largest absolute Gasteiger partial charge is 0.307 e. The van der Waals surface area contributed by atoms with E-state index in [-0.39, 0.29) is 0 Å². The van der Waals surface area contributed by atoms with Gasteiger partial charge in [0.2, 0.25) is 0 Å². The monoisotopic (exact) mass is 262 g/mol. The number of hydrogen-bond donors (Lipinski definition) is 1. The van der Waals surface area contributed by atoms with Crippen molar-refractivity contribution in [3.05, 3.63) is 65.0 Å². The van der Waals surface area contributed by atoms with Gasteiger partial charge in [-0.1, -0.05) is 19.1 Å². The van der Waals surface area contributed by atoms with E-state index >= 15 is 0 Å². The minimum Gasteiger partial charge on any atom is -0.307 e. The van der Waals surface area contributed by atoms with Crippen LogP contribution in [0.3, 0.4) is 0 Å². The Labute approximate surface area is 111 Å². The fourth-order valence-electron chi connectivity index (χ4n) is 1.93. The van der Waals surface area contributed by atoms with Gasteiger partial charge in [0.1, 0.15) is 11.6 Å². The number of halogens is 2. The van der Waals surface area contributed by atoms with Crippen LogP contribution in [0.5, 0.6) is 0 Å². The summed E-state index contributed by atoms with van der Waals surface area (Å²) in [5, 5.41) is 3.13. The van der Waals surface area contributed by atoms with Crippen LogP contribution in [-0.4, -0.2) is 4.98 Å². The van der Waals surface area contributed by atoms with Gasteiger partial charge in [-0.25, -0.2) is 8.78 Å². The van der Waals surface area contributed by atoms with E-state index in [0.29, 0.717) is 18.7 Å². The number of benzene rings is 1. The Hall–Kier alpha value is -1.81. The third kappa shape index (κ3) is 3.58. The second kappa shape index (κ2) is 6.38. The summed E-state index contributed by atoms with van der Waals surface area (Å²) in [6.45, 7) is 2.99. The molecule has 1 aromatic carbocycles. The topological polar surface area (TPSA) is 24.9 Å². The summed E-state index contributed by atoms with van der Waals surface area (Å²) >= 11 is 0. The highest BCUT2D eigenvalue weighted by atomic mass is 19.1. The number of rotatable bonds is 5. The molecular weight excluding hydrogens is 246 g/mol. The summed E-state index contributed by atoms with van der Waals surface area (Å²) in [6, 6.07) is 7.55. The molecule has 0 unspecified atom stereocenters. The first-order valence-corrected chi connectivity index (χ1v) is 6.28. The van der Waals surface area contributed by atoms with Gasteiger partial charge in [-0.3, -0.25) is 4.98 Å². The third-order valence-electron chi connectivity index (χ3n) is 2.99. The minimum absolute atomic E-state index is 0.353. The van der Waals surface area contributed by atoms with Crippen molar-refractivity contribution in [2.45, 2.75) is 26.4 Å². The minimum atomic E-state index is -0.556. The lowest BCUT2D eigenvalue weighted by atomic mass is 10.1. The third-order valence-corrected chi connectivity index (χ3v) is 2.99. The highest BCUT2D eigenvalue weighted by molar-refractivity contribution is 5.21. The Morgan fingerprint density at radius 2 is 1.95 bits per heavy atom. The zero-order chi connectivity index (χ0) is 13.7. The van der Waals surface area contributed by atoms with Crippen LogP contribution in [-0.2, 0) is 19.5 Å². The average molecular weight is 262 g/mol. The van der Waals surface area contributed by atoms with Crippen molar-refractivity contribution >= 4 is 0 Å². The van der Waals surface area contributed by atoms with Crippen LogP contribution in [0, 0.1) is 11.6 Å². The van der Waals surface area contributed by atoms with Gasteiger partial charge in [-0.05, 0) is 24.1 Å². The van der Waals surface area contributed by atoms with E-state index in [1.807, 2.05) is 12.1 Å². The molecular formula is C15H16F2N2. The Morgan fingerprint density at radius 3 is 2.68 bits per heavy atom. The van der Waals surface area contributed by atoms with Crippen LogP contribution in [0.25, 0.3) is 0 Å². The van der Waals surface area contributed by atoms with Crippen LogP contribution in [0.1, 0.15) is 23.7 Å². The van der Waals surface area contributed by atoms with E-state index in [2.05, 4.69) is 17.2 Å². The van der Waals surface area contributed by atoms with E-state index < -0.39 is 11.6 Å². The SMILES string of the molecule is CCc1cccnc1CNCc1ccc(F)cc1F. The molecule has 0 saturated carbocycles. The maximum absolute atomic E-state index is 13.4. The Bertz CT molecular complexity index is 556. The van der Waals surface area contributed by atoms with E-state index in [1.54, 1.807) is 6.20 Å². The zero-order valence-corrected chi connectivity index (χ0v) is 10.8. The molecule has 0 aliphatic heterocycles. The van der Waals surface area contributed by atoms with E-state index in [9.17, 15) is 8.78 Å². The van der Waals surface area contributed by atoms with Crippen LogP contribution < -0.4 is 5.32 Å². The molecule has 0 aliphatic carbocycles. The lowest BCUT2D eigenvalue weighted by Crippen LogP contribution is -2.16. The maximum Gasteiger partial charge on any atom is 0.130 e. The maximum atomic E-state index is 13.4. The fourth-order valence-corrected chi connectivity index (χ4v) is 1.93. The van der Waals surface area contributed by atoms with Crippen molar-refractivity contribution in [3.8, 4) is 0 Å². The number of aromatic nitrogens is 1. The molecule has 0 amide bonds. The fraction of sp³-hybridized carbons (Fsp3) is 0.267. The van der Waals surface area contributed by atoms with Gasteiger partial charge in [0.15, 0.2) is 0 Å². The highest BCUT2D eigenvalue weighted by Gasteiger charge is 2.05. The quantitative estimate of drug-likeness (QED) is 0.895. The summed E-state index contributed by atoms with van der Waals surface area (Å²) < 4.78 is 26.2. The molecule has 0 bridgehead atoms. The molecule has 2 nitrogen and oxygen atoms in total. The molecule has 0 radical (unpaired) electrons. The first kappa shape index (κ1) is 13.6. The molecule has 4 heteroatoms. The van der Waals surface area contributed by atoms with Gasteiger partial charge in [-0.15, -0.1) is 0 Å². The molecule has 0 spiro atoms. The van der Waals surface area contributed by atoms with Crippen LogP contribution in [0.15, 0.2) is 36.5 Å². The summed E-state index contributed by atoms with van der Waals surface area (Å²) in [7, 11) is 0. The number of nitrogens with one attached hydrogen (secondary N) is 1. The summed E-state index contributed by atoms with van der Waals surface area (Å²) in [5.74, 6) is -1.08. The number of nitrogens with zero attached hydrogens (tertiary/aromatic N) is 1. The molecule has 1 N–H and O–H groups in total. The summed E-state index contributed by atoms with van der Waals surface area (Å²) in [5.41, 5.74) is 2.59. The average Bonchev–Trinajstić information content (AvgIpc) is 2.42. The molecule has 0 saturated heterocycles. The predicted octanol–water partition coefficient (Wildman–Crippen LogP) is 3.21. The lowest BCUT2D eigenvalue weighted by Gasteiger charge is -2.08. The molecule has 100 valence electrons. The first-order chi connectivity index (χ1) is 9.20. The standard InChI is InChI=1S/C15H16F2N2/c1-2-11-4-3-7-19-15(11)10-18-9-12-5-6-13(16)8-14(12)17/h3-8,18H,2,9-10H2,1H3. The van der Waals surface area contributed by atoms with Crippen LogP contribution in [0.2, 0.25) is 0 Å². The van der Waals surface area contributed by atoms with E-state index in [1.165, 1.54) is 17.7 Å². The van der Waals surface area contributed by atoms with Gasteiger partial charge >= 0.3 is 0 Å². The van der Waals surface area contributed by atoms with Gasteiger partial charge in [0.05, 0.1) is 5.69 Å². The molecule has 2 aromatic rings. The molecule has 0 atom stereocenters. The molecule has 1 heterocycles. The molecule has 19 heavy (non-hydrogen) atoms. The van der Waals surface area contributed by atoms with E-state index in [0.717, 1.165) is 18.2 Å². The summed E-state index contributed by atoms with van der Waals surface area (Å²) in [6.07, 6.45) is 2.66. The zero-order valence-electron chi connectivity index (χ0n) is 10.8. The van der Waals surface area contributed by atoms with Crippen molar-refractivity contribution in [3.63, 3.8) is 0 Å². The van der Waals surface area contributed by atoms with Gasteiger partial charge < -0.3 is 5.32 Å². The van der Waals surface area contributed by atoms with Crippen molar-refractivity contribution in [1.29, 1.82) is 0 Å². The molecule has 0 aliphatic rings. The lowest BCUT2D eigenvalue weighted by molar-refractivity contribution is 0.558. The number of hydrogen-bond acceptors (Lipinski definition) is 2. The second-order valence-corrected chi connectivity index (χ2v) is 4.30. The molecule has 2 rings (SSSR count). The summed E-state index contributed by atoms with van der Waals surface area (Å²) in [4.78, 5) is 4.30. The van der Waals surface area contributed by atoms with Gasteiger partial charge in [0, 0.05) is 30.9 Å². The highest BCUT2D eigenvalue weighted by Crippen LogP contribution is 2.10. The normalized spacial score (nSPS) is 10.7. The van der Waals surface area contributed by atoms with E-state index in [4.69, 9.17) is 0 Å². The first-order valence-electron chi connectivity index (χ1n) is 6.28. The Kier molecular flexibility index (Phi) is 4.58. The molecule has 1 aromatic heterocycles. The number of aryl methyl sites for hydroxylation is 1. The molecule has 0 fully saturated rings. The van der Waals surface area contributed by atoms with Crippen molar-refractivity contribution in [2.24, 2.45) is 0 Å². The number of pyridine rings is 1. The Balaban J connectivity index is 1.96. The van der Waals surface area contributed by atoms with Crippen molar-refractivity contribution in [1.82, 2.24) is 10.3 Å². The predicted molar refractivity (Wildman–Crippen MR) is 70.5 cm³/mol.